The van der Waals surface area contributed by atoms with Crippen molar-refractivity contribution in [3.63, 3.8) is 0 Å². The summed E-state index contributed by atoms with van der Waals surface area (Å²) in [7, 11) is -2.43. The van der Waals surface area contributed by atoms with Crippen molar-refractivity contribution in [3.8, 4) is 0 Å². The van der Waals surface area contributed by atoms with Gasteiger partial charge in [-0.2, -0.15) is 0 Å². The zero-order valence-electron chi connectivity index (χ0n) is 16.5. The summed E-state index contributed by atoms with van der Waals surface area (Å²) in [4.78, 5) is 24.6. The maximum Gasteiger partial charge on any atom is 0.338 e. The zero-order chi connectivity index (χ0) is 21.1. The summed E-state index contributed by atoms with van der Waals surface area (Å²) in [6.07, 6.45) is 1.06. The Morgan fingerprint density at radius 3 is 2.21 bits per heavy atom. The van der Waals surface area contributed by atoms with E-state index in [2.05, 4.69) is 5.32 Å². The van der Waals surface area contributed by atoms with E-state index in [0.717, 1.165) is 16.1 Å². The van der Waals surface area contributed by atoms with E-state index in [4.69, 9.17) is 4.74 Å². The molecule has 0 aliphatic carbocycles. The van der Waals surface area contributed by atoms with Gasteiger partial charge in [0.1, 0.15) is 6.04 Å². The van der Waals surface area contributed by atoms with E-state index in [1.54, 1.807) is 49.4 Å². The van der Waals surface area contributed by atoms with Crippen LogP contribution in [0.5, 0.6) is 0 Å². The van der Waals surface area contributed by atoms with Crippen molar-refractivity contribution in [2.75, 3.05) is 23.0 Å². The van der Waals surface area contributed by atoms with Gasteiger partial charge < -0.3 is 10.1 Å². The quantitative estimate of drug-likeness (QED) is 0.748. The van der Waals surface area contributed by atoms with Gasteiger partial charge in [-0.05, 0) is 50.6 Å². The monoisotopic (exact) mass is 404 g/mol. The summed E-state index contributed by atoms with van der Waals surface area (Å²) < 4.78 is 30.5. The van der Waals surface area contributed by atoms with E-state index in [1.807, 2.05) is 6.92 Å². The number of esters is 1. The molecule has 0 spiro atoms. The molecule has 0 radical (unpaired) electrons. The number of amides is 1. The number of benzene rings is 2. The lowest BCUT2D eigenvalue weighted by atomic mass is 10.1. The first kappa shape index (κ1) is 21.4. The molecule has 0 unspecified atom stereocenters. The molecule has 8 heteroatoms. The molecule has 2 aromatic rings. The number of hydrogen-bond acceptors (Lipinski definition) is 5. The Morgan fingerprint density at radius 2 is 1.68 bits per heavy atom. The van der Waals surface area contributed by atoms with Gasteiger partial charge in [0.15, 0.2) is 0 Å². The molecule has 0 fully saturated rings. The zero-order valence-corrected chi connectivity index (χ0v) is 17.3. The predicted octanol–water partition coefficient (Wildman–Crippen LogP) is 2.88. The Balaban J connectivity index is 2.34. The third-order valence-electron chi connectivity index (χ3n) is 4.37. The molecule has 28 heavy (non-hydrogen) atoms. The molecule has 0 heterocycles. The summed E-state index contributed by atoms with van der Waals surface area (Å²) in [6, 6.07) is 10.7. The number of nitrogens with one attached hydrogen (secondary N) is 1. The van der Waals surface area contributed by atoms with E-state index in [-0.39, 0.29) is 0 Å². The molecule has 2 aromatic carbocycles. The molecule has 7 nitrogen and oxygen atoms in total. The molecule has 1 atom stereocenters. The van der Waals surface area contributed by atoms with E-state index in [9.17, 15) is 18.0 Å². The lowest BCUT2D eigenvalue weighted by Gasteiger charge is -2.28. The standard InChI is InChI=1S/C20H24N2O5S/c1-13-9-11-16(12-10-13)22(28(5,25)26)15(3)19(23)21-18-8-6-7-17(14(18)2)20(24)27-4/h6-12,15H,1-5H3,(H,21,23)/t15-/m1/s1. The van der Waals surface area contributed by atoms with Gasteiger partial charge in [0, 0.05) is 5.69 Å². The Labute approximate surface area is 165 Å². The summed E-state index contributed by atoms with van der Waals surface area (Å²) in [5.74, 6) is -1.03. The van der Waals surface area contributed by atoms with Gasteiger partial charge in [0.2, 0.25) is 15.9 Å². The number of sulfonamides is 1. The maximum absolute atomic E-state index is 12.8. The fourth-order valence-electron chi connectivity index (χ4n) is 2.84. The molecule has 0 aromatic heterocycles. The van der Waals surface area contributed by atoms with Crippen molar-refractivity contribution >= 4 is 33.3 Å². The number of rotatable bonds is 6. The minimum Gasteiger partial charge on any atom is -0.465 e. The third kappa shape index (κ3) is 4.69. The lowest BCUT2D eigenvalue weighted by molar-refractivity contribution is -0.116. The number of hydrogen-bond donors (Lipinski definition) is 1. The van der Waals surface area contributed by atoms with Crippen LogP contribution in [0.4, 0.5) is 11.4 Å². The molecule has 0 saturated carbocycles. The Kier molecular flexibility index (Phi) is 6.45. The SMILES string of the molecule is COC(=O)c1cccc(NC(=O)[C@@H](C)N(c2ccc(C)cc2)S(C)(=O)=O)c1C. The molecule has 0 saturated heterocycles. The molecule has 0 aliphatic rings. The number of carbonyl (C=O) groups is 2. The second-order valence-electron chi connectivity index (χ2n) is 6.53. The van der Waals surface area contributed by atoms with E-state index in [0.29, 0.717) is 22.5 Å². The minimum absolute atomic E-state index is 0.325. The highest BCUT2D eigenvalue weighted by atomic mass is 32.2. The highest BCUT2D eigenvalue weighted by molar-refractivity contribution is 7.92. The van der Waals surface area contributed by atoms with Crippen LogP contribution in [0.1, 0.15) is 28.4 Å². The summed E-state index contributed by atoms with van der Waals surface area (Å²) in [5, 5.41) is 2.71. The first-order chi connectivity index (χ1) is 13.1. The number of aryl methyl sites for hydroxylation is 1. The fraction of sp³-hybridized carbons (Fsp3) is 0.300. The Morgan fingerprint density at radius 1 is 1.07 bits per heavy atom. The minimum atomic E-state index is -3.70. The van der Waals surface area contributed by atoms with E-state index in [1.165, 1.54) is 14.0 Å². The van der Waals surface area contributed by atoms with Crippen molar-refractivity contribution in [3.05, 3.63) is 59.2 Å². The van der Waals surface area contributed by atoms with Crippen molar-refractivity contribution < 1.29 is 22.7 Å². The molecular weight excluding hydrogens is 380 g/mol. The topological polar surface area (TPSA) is 92.8 Å². The number of nitrogens with zero attached hydrogens (tertiary/aromatic N) is 1. The van der Waals surface area contributed by atoms with Gasteiger partial charge in [0.25, 0.3) is 0 Å². The highest BCUT2D eigenvalue weighted by Crippen LogP contribution is 2.24. The van der Waals surface area contributed by atoms with Crippen LogP contribution >= 0.6 is 0 Å². The lowest BCUT2D eigenvalue weighted by Crippen LogP contribution is -2.45. The Bertz CT molecular complexity index is 984. The van der Waals surface area contributed by atoms with E-state index >= 15 is 0 Å². The van der Waals surface area contributed by atoms with Crippen molar-refractivity contribution in [2.45, 2.75) is 26.8 Å². The smallest absolute Gasteiger partial charge is 0.338 e. The van der Waals surface area contributed by atoms with Crippen LogP contribution in [0.15, 0.2) is 42.5 Å². The first-order valence-electron chi connectivity index (χ1n) is 8.61. The van der Waals surface area contributed by atoms with Crippen LogP contribution < -0.4 is 9.62 Å². The van der Waals surface area contributed by atoms with Crippen LogP contribution in [-0.4, -0.2) is 39.7 Å². The summed E-state index contributed by atoms with van der Waals surface area (Å²) in [5.41, 5.74) is 2.65. The van der Waals surface area contributed by atoms with Crippen LogP contribution in [0.25, 0.3) is 0 Å². The van der Waals surface area contributed by atoms with Crippen LogP contribution in [0.3, 0.4) is 0 Å². The number of anilines is 2. The van der Waals surface area contributed by atoms with Gasteiger partial charge in [0.05, 0.1) is 24.6 Å². The van der Waals surface area contributed by atoms with E-state index < -0.39 is 27.9 Å². The predicted molar refractivity (Wildman–Crippen MR) is 109 cm³/mol. The second kappa shape index (κ2) is 8.43. The van der Waals surface area contributed by atoms with Crippen molar-refractivity contribution in [2.24, 2.45) is 0 Å². The van der Waals surface area contributed by atoms with Crippen LogP contribution in [-0.2, 0) is 19.6 Å². The van der Waals surface area contributed by atoms with Gasteiger partial charge in [-0.1, -0.05) is 23.8 Å². The molecular formula is C20H24N2O5S. The van der Waals surface area contributed by atoms with Crippen LogP contribution in [0, 0.1) is 13.8 Å². The van der Waals surface area contributed by atoms with Crippen molar-refractivity contribution in [1.29, 1.82) is 0 Å². The first-order valence-corrected chi connectivity index (χ1v) is 10.5. The molecule has 0 aliphatic heterocycles. The number of carbonyl (C=O) groups excluding carboxylic acids is 2. The molecule has 0 bridgehead atoms. The normalized spacial score (nSPS) is 12.2. The summed E-state index contributed by atoms with van der Waals surface area (Å²) >= 11 is 0. The number of methoxy groups -OCH3 is 1. The molecule has 1 amide bonds. The Hall–Kier alpha value is -2.87. The summed E-state index contributed by atoms with van der Waals surface area (Å²) in [6.45, 7) is 5.08. The molecule has 2 rings (SSSR count). The third-order valence-corrected chi connectivity index (χ3v) is 5.62. The highest BCUT2D eigenvalue weighted by Gasteiger charge is 2.29. The average molecular weight is 404 g/mol. The van der Waals surface area contributed by atoms with Gasteiger partial charge in [-0.25, -0.2) is 13.2 Å². The maximum atomic E-state index is 12.8. The van der Waals surface area contributed by atoms with Gasteiger partial charge in [-0.3, -0.25) is 9.10 Å². The fourth-order valence-corrected chi connectivity index (χ4v) is 4.01. The largest absolute Gasteiger partial charge is 0.465 e. The second-order valence-corrected chi connectivity index (χ2v) is 8.39. The number of ether oxygens (including phenoxy) is 1. The van der Waals surface area contributed by atoms with Crippen LogP contribution in [0.2, 0.25) is 0 Å². The molecule has 150 valence electrons. The average Bonchev–Trinajstić information content (AvgIpc) is 2.63. The van der Waals surface area contributed by atoms with Gasteiger partial charge in [-0.15, -0.1) is 0 Å². The van der Waals surface area contributed by atoms with Crippen molar-refractivity contribution in [1.82, 2.24) is 0 Å². The molecule has 1 N–H and O–H groups in total. The van der Waals surface area contributed by atoms with Gasteiger partial charge >= 0.3 is 5.97 Å².